The number of carboxylic acid groups (broad SMARTS) is 1. The summed E-state index contributed by atoms with van der Waals surface area (Å²) in [4.78, 5) is 25.1. The van der Waals surface area contributed by atoms with Crippen LogP contribution in [0.1, 0.15) is 18.4 Å². The van der Waals surface area contributed by atoms with Gasteiger partial charge in [0.25, 0.3) is 0 Å². The molecule has 146 valence electrons. The van der Waals surface area contributed by atoms with Crippen LogP contribution in [0.3, 0.4) is 0 Å². The van der Waals surface area contributed by atoms with Gasteiger partial charge in [-0.25, -0.2) is 13.2 Å². The van der Waals surface area contributed by atoms with Crippen molar-refractivity contribution in [2.24, 2.45) is 0 Å². The van der Waals surface area contributed by atoms with E-state index in [1.165, 1.54) is 22.5 Å². The second kappa shape index (κ2) is 8.20. The fourth-order valence-electron chi connectivity index (χ4n) is 3.32. The number of rotatable bonds is 5. The highest BCUT2D eigenvalue weighted by Gasteiger charge is 2.41. The number of nitrogens with zero attached hydrogens (tertiary/aromatic N) is 2. The first kappa shape index (κ1) is 19.5. The number of morpholine rings is 1. The van der Waals surface area contributed by atoms with Crippen molar-refractivity contribution in [3.63, 3.8) is 0 Å². The number of aliphatic carboxylic acids is 1. The molecule has 9 heteroatoms. The number of sulfonamides is 1. The van der Waals surface area contributed by atoms with Crippen molar-refractivity contribution in [1.82, 2.24) is 9.21 Å². The first-order valence-corrected chi connectivity index (χ1v) is 10.2. The Morgan fingerprint density at radius 2 is 1.78 bits per heavy atom. The van der Waals surface area contributed by atoms with Crippen LogP contribution in [0, 0.1) is 0 Å². The van der Waals surface area contributed by atoms with Gasteiger partial charge >= 0.3 is 5.97 Å². The van der Waals surface area contributed by atoms with Crippen molar-refractivity contribution >= 4 is 28.0 Å². The van der Waals surface area contributed by atoms with Crippen LogP contribution in [0.5, 0.6) is 0 Å². The van der Waals surface area contributed by atoms with Gasteiger partial charge in [-0.2, -0.15) is 4.31 Å². The van der Waals surface area contributed by atoms with E-state index in [1.807, 2.05) is 0 Å². The molecule has 2 heterocycles. The third-order valence-electron chi connectivity index (χ3n) is 4.72. The lowest BCUT2D eigenvalue weighted by Crippen LogP contribution is -2.50. The standard InChI is InChI=1S/C18H22N2O6S/c21-17(22)8-5-14-3-6-15(7-4-14)27(24,25)20-9-1-2-16(20)18(23)19-10-12-26-13-11-19/h3-8,16H,1-2,9-13H2,(H,21,22). The molecule has 1 aromatic rings. The number of hydrogen-bond donors (Lipinski definition) is 1. The summed E-state index contributed by atoms with van der Waals surface area (Å²) in [6.45, 7) is 2.21. The van der Waals surface area contributed by atoms with Crippen LogP contribution in [0.15, 0.2) is 35.2 Å². The number of carboxylic acids is 1. The highest BCUT2D eigenvalue weighted by Crippen LogP contribution is 2.28. The van der Waals surface area contributed by atoms with Gasteiger partial charge in [-0.1, -0.05) is 12.1 Å². The number of carbonyl (C=O) groups is 2. The van der Waals surface area contributed by atoms with Gasteiger partial charge in [0.15, 0.2) is 0 Å². The molecule has 0 spiro atoms. The first-order chi connectivity index (χ1) is 12.9. The Hall–Kier alpha value is -2.23. The molecule has 0 bridgehead atoms. The maximum atomic E-state index is 13.0. The molecule has 0 aromatic heterocycles. The number of ether oxygens (including phenoxy) is 1. The fourth-order valence-corrected chi connectivity index (χ4v) is 4.97. The van der Waals surface area contributed by atoms with E-state index in [2.05, 4.69) is 0 Å². The number of carbonyl (C=O) groups excluding carboxylic acids is 1. The topological polar surface area (TPSA) is 104 Å². The van der Waals surface area contributed by atoms with Crippen LogP contribution in [0.25, 0.3) is 6.08 Å². The van der Waals surface area contributed by atoms with E-state index >= 15 is 0 Å². The van der Waals surface area contributed by atoms with E-state index in [-0.39, 0.29) is 10.8 Å². The van der Waals surface area contributed by atoms with Gasteiger partial charge in [0.05, 0.1) is 18.1 Å². The number of amides is 1. The minimum Gasteiger partial charge on any atom is -0.478 e. The van der Waals surface area contributed by atoms with Crippen LogP contribution < -0.4 is 0 Å². The van der Waals surface area contributed by atoms with Crippen molar-refractivity contribution < 1.29 is 27.9 Å². The van der Waals surface area contributed by atoms with Gasteiger partial charge in [-0.15, -0.1) is 0 Å². The van der Waals surface area contributed by atoms with Crippen LogP contribution >= 0.6 is 0 Å². The van der Waals surface area contributed by atoms with Gasteiger partial charge in [0.1, 0.15) is 6.04 Å². The molecule has 2 saturated heterocycles. The van der Waals surface area contributed by atoms with Gasteiger partial charge < -0.3 is 14.7 Å². The predicted molar refractivity (Wildman–Crippen MR) is 97.4 cm³/mol. The van der Waals surface area contributed by atoms with Crippen LogP contribution in [-0.4, -0.2) is 73.5 Å². The Bertz CT molecular complexity index is 828. The Kier molecular flexibility index (Phi) is 5.93. The van der Waals surface area contributed by atoms with Crippen molar-refractivity contribution in [3.8, 4) is 0 Å². The summed E-state index contributed by atoms with van der Waals surface area (Å²) in [6, 6.07) is 5.28. The molecule has 27 heavy (non-hydrogen) atoms. The summed E-state index contributed by atoms with van der Waals surface area (Å²) in [5, 5.41) is 8.66. The monoisotopic (exact) mass is 394 g/mol. The summed E-state index contributed by atoms with van der Waals surface area (Å²) in [6.07, 6.45) is 3.52. The molecule has 0 radical (unpaired) electrons. The van der Waals surface area contributed by atoms with Crippen molar-refractivity contribution in [2.75, 3.05) is 32.8 Å². The average molecular weight is 394 g/mol. The smallest absolute Gasteiger partial charge is 0.328 e. The highest BCUT2D eigenvalue weighted by atomic mass is 32.2. The second-order valence-corrected chi connectivity index (χ2v) is 8.34. The molecule has 2 aliphatic heterocycles. The molecule has 0 saturated carbocycles. The van der Waals surface area contributed by atoms with Crippen LogP contribution in [-0.2, 0) is 24.3 Å². The van der Waals surface area contributed by atoms with E-state index in [1.54, 1.807) is 17.0 Å². The minimum atomic E-state index is -3.81. The molecule has 1 unspecified atom stereocenters. The number of benzene rings is 1. The molecule has 0 aliphatic carbocycles. The maximum absolute atomic E-state index is 13.0. The Balaban J connectivity index is 1.78. The third-order valence-corrected chi connectivity index (χ3v) is 6.64. The SMILES string of the molecule is O=C(O)C=Cc1ccc(S(=O)(=O)N2CCCC2C(=O)N2CCOCC2)cc1. The second-order valence-electron chi connectivity index (χ2n) is 6.45. The largest absolute Gasteiger partial charge is 0.478 e. The molecule has 8 nitrogen and oxygen atoms in total. The quantitative estimate of drug-likeness (QED) is 0.741. The van der Waals surface area contributed by atoms with Gasteiger partial charge in [0.2, 0.25) is 15.9 Å². The van der Waals surface area contributed by atoms with E-state index in [0.29, 0.717) is 51.3 Å². The fraction of sp³-hybridized carbons (Fsp3) is 0.444. The summed E-state index contributed by atoms with van der Waals surface area (Å²) in [7, 11) is -3.81. The molecule has 1 atom stereocenters. The lowest BCUT2D eigenvalue weighted by Gasteiger charge is -2.32. The Labute approximate surface area is 158 Å². The van der Waals surface area contributed by atoms with Gasteiger partial charge in [-0.3, -0.25) is 4.79 Å². The van der Waals surface area contributed by atoms with E-state index in [0.717, 1.165) is 6.08 Å². The third kappa shape index (κ3) is 4.37. The van der Waals surface area contributed by atoms with Crippen LogP contribution in [0.2, 0.25) is 0 Å². The lowest BCUT2D eigenvalue weighted by molar-refractivity contribution is -0.138. The summed E-state index contributed by atoms with van der Waals surface area (Å²) < 4.78 is 32.6. The van der Waals surface area contributed by atoms with E-state index < -0.39 is 22.0 Å². The lowest BCUT2D eigenvalue weighted by atomic mass is 10.2. The number of hydrogen-bond acceptors (Lipinski definition) is 5. The van der Waals surface area contributed by atoms with E-state index in [4.69, 9.17) is 9.84 Å². The zero-order chi connectivity index (χ0) is 19.4. The molecular formula is C18H22N2O6S. The highest BCUT2D eigenvalue weighted by molar-refractivity contribution is 7.89. The average Bonchev–Trinajstić information content (AvgIpc) is 3.17. The predicted octanol–water partition coefficient (Wildman–Crippen LogP) is 0.796. The zero-order valence-electron chi connectivity index (χ0n) is 14.8. The van der Waals surface area contributed by atoms with Gasteiger partial charge in [0, 0.05) is 25.7 Å². The zero-order valence-corrected chi connectivity index (χ0v) is 15.6. The maximum Gasteiger partial charge on any atom is 0.328 e. The van der Waals surface area contributed by atoms with Crippen molar-refractivity contribution in [1.29, 1.82) is 0 Å². The normalized spacial score (nSPS) is 21.6. The first-order valence-electron chi connectivity index (χ1n) is 8.79. The summed E-state index contributed by atoms with van der Waals surface area (Å²) in [5.41, 5.74) is 0.582. The van der Waals surface area contributed by atoms with Crippen LogP contribution in [0.4, 0.5) is 0 Å². The minimum absolute atomic E-state index is 0.0941. The van der Waals surface area contributed by atoms with E-state index in [9.17, 15) is 18.0 Å². The molecule has 2 fully saturated rings. The van der Waals surface area contributed by atoms with Gasteiger partial charge in [-0.05, 0) is 36.6 Å². The summed E-state index contributed by atoms with van der Waals surface area (Å²) in [5.74, 6) is -1.24. The molecule has 2 aliphatic rings. The summed E-state index contributed by atoms with van der Waals surface area (Å²) >= 11 is 0. The molecule has 1 aromatic carbocycles. The molecule has 1 amide bonds. The Morgan fingerprint density at radius 1 is 1.11 bits per heavy atom. The molecule has 1 N–H and O–H groups in total. The van der Waals surface area contributed by atoms with Crippen molar-refractivity contribution in [3.05, 3.63) is 35.9 Å². The molecular weight excluding hydrogens is 372 g/mol. The Morgan fingerprint density at radius 3 is 2.41 bits per heavy atom. The van der Waals surface area contributed by atoms with Crippen molar-refractivity contribution in [2.45, 2.75) is 23.8 Å². The molecule has 3 rings (SSSR count).